The van der Waals surface area contributed by atoms with Crippen LogP contribution in [-0.4, -0.2) is 32.2 Å². The quantitative estimate of drug-likeness (QED) is 0.311. The van der Waals surface area contributed by atoms with Crippen LogP contribution >= 0.6 is 34.7 Å². The van der Waals surface area contributed by atoms with E-state index in [0.717, 1.165) is 22.2 Å². The average molecular weight is 473 g/mol. The number of benzene rings is 1. The van der Waals surface area contributed by atoms with Crippen LogP contribution in [0.2, 0.25) is 5.02 Å². The van der Waals surface area contributed by atoms with Gasteiger partial charge in [-0.2, -0.15) is 0 Å². The summed E-state index contributed by atoms with van der Waals surface area (Å²) in [7, 11) is 0. The van der Waals surface area contributed by atoms with Gasteiger partial charge in [0.15, 0.2) is 5.16 Å². The maximum atomic E-state index is 13.4. The molecule has 160 valence electrons. The van der Waals surface area contributed by atoms with Gasteiger partial charge in [0.05, 0.1) is 17.8 Å². The lowest BCUT2D eigenvalue weighted by atomic mass is 10.2. The first-order valence-electron chi connectivity index (χ1n) is 9.91. The summed E-state index contributed by atoms with van der Waals surface area (Å²) in [5, 5.41) is 4.95. The largest absolute Gasteiger partial charge is 0.353 e. The van der Waals surface area contributed by atoms with Crippen molar-refractivity contribution >= 4 is 61.0 Å². The number of nitrogens with one attached hydrogen (secondary N) is 1. The zero-order valence-corrected chi connectivity index (χ0v) is 19.5. The van der Waals surface area contributed by atoms with Crippen molar-refractivity contribution in [1.29, 1.82) is 0 Å². The molecular weight excluding hydrogens is 452 g/mol. The Balaban J connectivity index is 1.76. The normalized spacial score (nSPS) is 12.4. The molecule has 0 aliphatic carbocycles. The first kappa shape index (κ1) is 21.8. The first-order valence-corrected chi connectivity index (χ1v) is 12.1. The van der Waals surface area contributed by atoms with Crippen LogP contribution in [0.4, 0.5) is 0 Å². The number of thioether (sulfide) groups is 1. The van der Waals surface area contributed by atoms with Gasteiger partial charge in [-0.15, -0.1) is 11.3 Å². The molecule has 0 unspecified atom stereocenters. The van der Waals surface area contributed by atoms with E-state index in [9.17, 15) is 9.59 Å². The van der Waals surface area contributed by atoms with E-state index in [2.05, 4.69) is 10.3 Å². The lowest BCUT2D eigenvalue weighted by Gasteiger charge is -2.14. The molecule has 1 N–H and O–H groups in total. The summed E-state index contributed by atoms with van der Waals surface area (Å²) in [6.07, 6.45) is 2.56. The van der Waals surface area contributed by atoms with E-state index < -0.39 is 0 Å². The number of pyridine rings is 1. The van der Waals surface area contributed by atoms with Gasteiger partial charge in [-0.3, -0.25) is 14.2 Å². The Morgan fingerprint density at radius 2 is 2.06 bits per heavy atom. The van der Waals surface area contributed by atoms with Crippen molar-refractivity contribution in [1.82, 2.24) is 19.9 Å². The average Bonchev–Trinajstić information content (AvgIpc) is 3.14. The van der Waals surface area contributed by atoms with E-state index in [4.69, 9.17) is 16.6 Å². The summed E-state index contributed by atoms with van der Waals surface area (Å²) in [6, 6.07) is 11.2. The van der Waals surface area contributed by atoms with Crippen molar-refractivity contribution in [3.05, 3.63) is 63.5 Å². The highest BCUT2D eigenvalue weighted by molar-refractivity contribution is 7.99. The van der Waals surface area contributed by atoms with Gasteiger partial charge in [0.1, 0.15) is 9.53 Å². The van der Waals surface area contributed by atoms with Crippen molar-refractivity contribution in [2.45, 2.75) is 38.0 Å². The van der Waals surface area contributed by atoms with Crippen molar-refractivity contribution in [3.8, 4) is 0 Å². The van der Waals surface area contributed by atoms with Crippen LogP contribution in [0.3, 0.4) is 0 Å². The molecule has 4 aromatic rings. The molecule has 0 bridgehead atoms. The van der Waals surface area contributed by atoms with Crippen molar-refractivity contribution in [2.75, 3.05) is 5.75 Å². The minimum absolute atomic E-state index is 0.0800. The second kappa shape index (κ2) is 9.38. The Labute approximate surface area is 192 Å². The predicted molar refractivity (Wildman–Crippen MR) is 128 cm³/mol. The lowest BCUT2D eigenvalue weighted by molar-refractivity contribution is -0.119. The summed E-state index contributed by atoms with van der Waals surface area (Å²) in [5.41, 5.74) is 1.43. The number of aromatic nitrogens is 3. The van der Waals surface area contributed by atoms with Gasteiger partial charge in [0.25, 0.3) is 5.56 Å². The van der Waals surface area contributed by atoms with Gasteiger partial charge in [-0.05, 0) is 43.2 Å². The number of nitrogens with zero attached hydrogens (tertiary/aromatic N) is 3. The summed E-state index contributed by atoms with van der Waals surface area (Å²) < 4.78 is 2.19. The summed E-state index contributed by atoms with van der Waals surface area (Å²) >= 11 is 8.62. The molecule has 0 saturated carbocycles. The molecule has 6 nitrogen and oxygen atoms in total. The Morgan fingerprint density at radius 1 is 1.29 bits per heavy atom. The molecule has 0 radical (unpaired) electrons. The molecule has 3 heterocycles. The van der Waals surface area contributed by atoms with Crippen molar-refractivity contribution in [2.24, 2.45) is 0 Å². The SMILES string of the molecule is CC[C@@H](C)NC(=O)CSc1nc2c(sc3ncccc32)c(=O)n1Cc1ccc(Cl)cc1. The van der Waals surface area contributed by atoms with E-state index in [1.54, 1.807) is 22.9 Å². The number of carbonyl (C=O) groups excluding carboxylic acids is 1. The van der Waals surface area contributed by atoms with Gasteiger partial charge in [0, 0.05) is 22.6 Å². The molecule has 3 aromatic heterocycles. The van der Waals surface area contributed by atoms with E-state index in [-0.39, 0.29) is 23.3 Å². The minimum Gasteiger partial charge on any atom is -0.353 e. The smallest absolute Gasteiger partial charge is 0.272 e. The van der Waals surface area contributed by atoms with E-state index in [0.29, 0.717) is 26.9 Å². The molecule has 0 saturated heterocycles. The van der Waals surface area contributed by atoms with E-state index in [1.807, 2.05) is 38.1 Å². The standard InChI is InChI=1S/C22H21ClN4O2S2/c1-3-13(2)25-17(28)12-30-22-26-18-16-5-4-10-24-20(16)31-19(18)21(29)27(22)11-14-6-8-15(23)9-7-14/h4-10,13H,3,11-12H2,1-2H3,(H,25,28)/t13-/m1/s1. The maximum Gasteiger partial charge on any atom is 0.272 e. The molecule has 0 aliphatic rings. The molecule has 4 rings (SSSR count). The van der Waals surface area contributed by atoms with E-state index >= 15 is 0 Å². The monoisotopic (exact) mass is 472 g/mol. The second-order valence-electron chi connectivity index (χ2n) is 7.21. The highest BCUT2D eigenvalue weighted by Crippen LogP contribution is 2.30. The minimum atomic E-state index is -0.132. The maximum absolute atomic E-state index is 13.4. The Bertz CT molecular complexity index is 1300. The number of fused-ring (bicyclic) bond motifs is 3. The lowest BCUT2D eigenvalue weighted by Crippen LogP contribution is -2.33. The first-order chi connectivity index (χ1) is 15.0. The molecule has 1 aromatic carbocycles. The Morgan fingerprint density at radius 3 is 2.81 bits per heavy atom. The van der Waals surface area contributed by atoms with Gasteiger partial charge < -0.3 is 5.32 Å². The summed E-state index contributed by atoms with van der Waals surface area (Å²) in [5.74, 6) is 0.104. The third kappa shape index (κ3) is 4.76. The molecule has 1 atom stereocenters. The topological polar surface area (TPSA) is 76.9 Å². The number of thiophene rings is 1. The fourth-order valence-corrected chi connectivity index (χ4v) is 5.07. The Hall–Kier alpha value is -2.42. The Kier molecular flexibility index (Phi) is 6.60. The van der Waals surface area contributed by atoms with Crippen molar-refractivity contribution < 1.29 is 4.79 Å². The third-order valence-corrected chi connectivity index (χ3v) is 7.24. The number of hydrogen-bond donors (Lipinski definition) is 1. The highest BCUT2D eigenvalue weighted by atomic mass is 35.5. The van der Waals surface area contributed by atoms with Crippen LogP contribution in [0.25, 0.3) is 20.4 Å². The second-order valence-corrected chi connectivity index (χ2v) is 9.59. The van der Waals surface area contributed by atoms with Crippen molar-refractivity contribution in [3.63, 3.8) is 0 Å². The number of hydrogen-bond acceptors (Lipinski definition) is 6. The fourth-order valence-electron chi connectivity index (χ4n) is 3.11. The molecule has 1 amide bonds. The van der Waals surface area contributed by atoms with Crippen LogP contribution in [0.1, 0.15) is 25.8 Å². The third-order valence-electron chi connectivity index (χ3n) is 4.92. The molecule has 0 spiro atoms. The fraction of sp³-hybridized carbons (Fsp3) is 0.273. The van der Waals surface area contributed by atoms with E-state index in [1.165, 1.54) is 23.1 Å². The summed E-state index contributed by atoms with van der Waals surface area (Å²) in [6.45, 7) is 4.33. The highest BCUT2D eigenvalue weighted by Gasteiger charge is 2.18. The predicted octanol–water partition coefficient (Wildman–Crippen LogP) is 4.71. The van der Waals surface area contributed by atoms with Crippen LogP contribution in [-0.2, 0) is 11.3 Å². The van der Waals surface area contributed by atoms with Gasteiger partial charge in [0.2, 0.25) is 5.91 Å². The van der Waals surface area contributed by atoms with Gasteiger partial charge in [-0.1, -0.05) is 42.4 Å². The molecule has 0 fully saturated rings. The summed E-state index contributed by atoms with van der Waals surface area (Å²) in [4.78, 5) is 35.7. The molecule has 0 aliphatic heterocycles. The van der Waals surface area contributed by atoms with Crippen LogP contribution in [0, 0.1) is 0 Å². The number of amides is 1. The van der Waals surface area contributed by atoms with Crippen LogP contribution in [0.5, 0.6) is 0 Å². The zero-order valence-electron chi connectivity index (χ0n) is 17.1. The molecular formula is C22H21ClN4O2S2. The number of halogens is 1. The molecule has 31 heavy (non-hydrogen) atoms. The van der Waals surface area contributed by atoms with Crippen LogP contribution < -0.4 is 10.9 Å². The number of rotatable bonds is 7. The van der Waals surface area contributed by atoms with Crippen LogP contribution in [0.15, 0.2) is 52.5 Å². The molecule has 9 heteroatoms. The zero-order chi connectivity index (χ0) is 22.0. The van der Waals surface area contributed by atoms with Gasteiger partial charge in [-0.25, -0.2) is 9.97 Å². The van der Waals surface area contributed by atoms with Gasteiger partial charge >= 0.3 is 0 Å². The number of carbonyl (C=O) groups is 1.